The summed E-state index contributed by atoms with van der Waals surface area (Å²) in [6.07, 6.45) is -3.15. The van der Waals surface area contributed by atoms with Crippen molar-refractivity contribution in [3.63, 3.8) is 0 Å². The molecule has 2 aromatic heterocycles. The molecule has 126 valence electrons. The maximum Gasteiger partial charge on any atom is 0.416 e. The zero-order valence-corrected chi connectivity index (χ0v) is 13.9. The van der Waals surface area contributed by atoms with E-state index in [-0.39, 0.29) is 5.56 Å². The van der Waals surface area contributed by atoms with Gasteiger partial charge in [0.15, 0.2) is 5.82 Å². The van der Waals surface area contributed by atoms with E-state index >= 15 is 0 Å². The van der Waals surface area contributed by atoms with Crippen LogP contribution in [0.5, 0.6) is 0 Å². The third-order valence-corrected chi connectivity index (χ3v) is 5.04. The topological polar surface area (TPSA) is 30.7 Å². The molecule has 1 aromatic carbocycles. The Bertz CT molecular complexity index is 909. The molecule has 3 aromatic rings. The first-order chi connectivity index (χ1) is 11.2. The molecule has 0 spiro atoms. The lowest BCUT2D eigenvalue weighted by Gasteiger charge is -2.09. The van der Waals surface area contributed by atoms with Crippen LogP contribution in [0.4, 0.5) is 17.6 Å². The molecule has 24 heavy (non-hydrogen) atoms. The summed E-state index contributed by atoms with van der Waals surface area (Å²) >= 11 is 1.33. The van der Waals surface area contributed by atoms with E-state index in [1.165, 1.54) is 23.7 Å². The summed E-state index contributed by atoms with van der Waals surface area (Å²) in [5, 5.41) is 4.02. The number of hydrogen-bond acceptors (Lipinski definition) is 3. The molecular formula is C16H13F4N3S. The zero-order valence-electron chi connectivity index (χ0n) is 13.1. The Morgan fingerprint density at radius 2 is 1.88 bits per heavy atom. The van der Waals surface area contributed by atoms with Gasteiger partial charge >= 0.3 is 6.18 Å². The van der Waals surface area contributed by atoms with E-state index in [4.69, 9.17) is 0 Å². The first-order valence-electron chi connectivity index (χ1n) is 7.01. The SMILES string of the molecule is Cc1sc(-c2ccc(C(F)(F)F)cc2F)c(C)c1-c1ncnn1C. The van der Waals surface area contributed by atoms with Crippen molar-refractivity contribution in [3.8, 4) is 21.8 Å². The smallest absolute Gasteiger partial charge is 0.249 e. The van der Waals surface area contributed by atoms with Crippen molar-refractivity contribution in [1.82, 2.24) is 14.8 Å². The number of halogens is 4. The Kier molecular flexibility index (Phi) is 3.95. The molecule has 3 nitrogen and oxygen atoms in total. The quantitative estimate of drug-likeness (QED) is 0.607. The minimum absolute atomic E-state index is 0.155. The predicted molar refractivity (Wildman–Crippen MR) is 84.2 cm³/mol. The van der Waals surface area contributed by atoms with Crippen molar-refractivity contribution in [3.05, 3.63) is 46.3 Å². The monoisotopic (exact) mass is 355 g/mol. The minimum atomic E-state index is -4.57. The molecule has 0 fully saturated rings. The first-order valence-corrected chi connectivity index (χ1v) is 7.83. The van der Waals surface area contributed by atoms with Crippen LogP contribution in [-0.4, -0.2) is 14.8 Å². The molecule has 0 aliphatic heterocycles. The summed E-state index contributed by atoms with van der Waals surface area (Å²) in [6, 6.07) is 2.61. The lowest BCUT2D eigenvalue weighted by molar-refractivity contribution is -0.137. The van der Waals surface area contributed by atoms with Gasteiger partial charge in [-0.25, -0.2) is 14.1 Å². The number of hydrogen-bond donors (Lipinski definition) is 0. The lowest BCUT2D eigenvalue weighted by atomic mass is 10.0. The van der Waals surface area contributed by atoms with E-state index in [1.807, 2.05) is 6.92 Å². The number of thiophene rings is 1. The van der Waals surface area contributed by atoms with E-state index in [0.717, 1.165) is 22.1 Å². The molecule has 8 heteroatoms. The normalized spacial score (nSPS) is 12.0. The number of nitrogens with zero attached hydrogens (tertiary/aromatic N) is 3. The maximum absolute atomic E-state index is 14.3. The Morgan fingerprint density at radius 3 is 2.42 bits per heavy atom. The Balaban J connectivity index is 2.14. The Morgan fingerprint density at radius 1 is 1.17 bits per heavy atom. The Labute approximate surface area is 139 Å². The summed E-state index contributed by atoms with van der Waals surface area (Å²) < 4.78 is 54.0. The fraction of sp³-hybridized carbons (Fsp3) is 0.250. The van der Waals surface area contributed by atoms with Crippen molar-refractivity contribution < 1.29 is 17.6 Å². The third-order valence-electron chi connectivity index (χ3n) is 3.80. The van der Waals surface area contributed by atoms with Gasteiger partial charge in [-0.1, -0.05) is 6.07 Å². The fourth-order valence-corrected chi connectivity index (χ4v) is 3.82. The maximum atomic E-state index is 14.3. The fourth-order valence-electron chi connectivity index (χ4n) is 2.64. The zero-order chi connectivity index (χ0) is 17.6. The van der Waals surface area contributed by atoms with Gasteiger partial charge in [0, 0.05) is 27.9 Å². The molecule has 0 aliphatic carbocycles. The second kappa shape index (κ2) is 5.70. The first kappa shape index (κ1) is 16.6. The van der Waals surface area contributed by atoms with Crippen molar-refractivity contribution in [2.24, 2.45) is 7.05 Å². The van der Waals surface area contributed by atoms with E-state index in [9.17, 15) is 17.6 Å². The molecular weight excluding hydrogens is 342 g/mol. The summed E-state index contributed by atoms with van der Waals surface area (Å²) in [5.41, 5.74) is 0.756. The molecule has 2 heterocycles. The van der Waals surface area contributed by atoms with Gasteiger partial charge in [-0.2, -0.15) is 18.3 Å². The minimum Gasteiger partial charge on any atom is -0.249 e. The van der Waals surface area contributed by atoms with Crippen molar-refractivity contribution in [1.29, 1.82) is 0 Å². The van der Waals surface area contributed by atoms with Gasteiger partial charge < -0.3 is 0 Å². The summed E-state index contributed by atoms with van der Waals surface area (Å²) in [5.74, 6) is -0.251. The highest BCUT2D eigenvalue weighted by molar-refractivity contribution is 7.16. The van der Waals surface area contributed by atoms with E-state index < -0.39 is 17.6 Å². The molecule has 0 saturated heterocycles. The average molecular weight is 355 g/mol. The average Bonchev–Trinajstić information content (AvgIpc) is 3.01. The highest BCUT2D eigenvalue weighted by Crippen LogP contribution is 2.42. The molecule has 0 N–H and O–H groups in total. The van der Waals surface area contributed by atoms with E-state index in [0.29, 0.717) is 16.8 Å². The van der Waals surface area contributed by atoms with Crippen LogP contribution in [0.25, 0.3) is 21.8 Å². The number of alkyl halides is 3. The van der Waals surface area contributed by atoms with Crippen LogP contribution >= 0.6 is 11.3 Å². The second-order valence-electron chi connectivity index (χ2n) is 5.39. The van der Waals surface area contributed by atoms with E-state index in [1.54, 1.807) is 18.7 Å². The van der Waals surface area contributed by atoms with E-state index in [2.05, 4.69) is 10.1 Å². The van der Waals surface area contributed by atoms with Crippen LogP contribution in [-0.2, 0) is 13.2 Å². The highest BCUT2D eigenvalue weighted by atomic mass is 32.1. The molecule has 0 amide bonds. The number of aromatic nitrogens is 3. The lowest BCUT2D eigenvalue weighted by Crippen LogP contribution is -2.05. The molecule has 0 aliphatic rings. The summed E-state index contributed by atoms with van der Waals surface area (Å²) in [4.78, 5) is 5.69. The number of aryl methyl sites for hydroxylation is 2. The molecule has 0 atom stereocenters. The highest BCUT2D eigenvalue weighted by Gasteiger charge is 2.31. The molecule has 0 bridgehead atoms. The van der Waals surface area contributed by atoms with Crippen molar-refractivity contribution >= 4 is 11.3 Å². The number of benzene rings is 1. The van der Waals surface area contributed by atoms with Crippen LogP contribution in [0, 0.1) is 19.7 Å². The van der Waals surface area contributed by atoms with Gasteiger partial charge in [-0.15, -0.1) is 11.3 Å². The van der Waals surface area contributed by atoms with Crippen LogP contribution < -0.4 is 0 Å². The van der Waals surface area contributed by atoms with Gasteiger partial charge in [0.05, 0.1) is 5.56 Å². The van der Waals surface area contributed by atoms with Crippen LogP contribution in [0.1, 0.15) is 16.0 Å². The van der Waals surface area contributed by atoms with Crippen LogP contribution in [0.3, 0.4) is 0 Å². The molecule has 0 unspecified atom stereocenters. The number of rotatable bonds is 2. The van der Waals surface area contributed by atoms with Gasteiger partial charge in [0.2, 0.25) is 0 Å². The second-order valence-corrected chi connectivity index (χ2v) is 6.61. The van der Waals surface area contributed by atoms with Gasteiger partial charge in [0.25, 0.3) is 0 Å². The predicted octanol–water partition coefficient (Wildman–Crippen LogP) is 4.99. The van der Waals surface area contributed by atoms with Crippen molar-refractivity contribution in [2.45, 2.75) is 20.0 Å². The molecule has 3 rings (SSSR count). The van der Waals surface area contributed by atoms with Gasteiger partial charge in [-0.3, -0.25) is 0 Å². The van der Waals surface area contributed by atoms with Gasteiger partial charge in [0.1, 0.15) is 12.1 Å². The standard InChI is InChI=1S/C16H13F4N3S/c1-8-13(15-21-7-22-23(15)3)9(2)24-14(8)11-5-4-10(6-12(11)17)16(18,19)20/h4-7H,1-3H3. The van der Waals surface area contributed by atoms with Crippen LogP contribution in [0.2, 0.25) is 0 Å². The summed E-state index contributed by atoms with van der Waals surface area (Å²) in [6.45, 7) is 3.67. The van der Waals surface area contributed by atoms with Crippen LogP contribution in [0.15, 0.2) is 24.5 Å². The van der Waals surface area contributed by atoms with Crippen molar-refractivity contribution in [2.75, 3.05) is 0 Å². The molecule has 0 radical (unpaired) electrons. The third kappa shape index (κ3) is 2.71. The Hall–Kier alpha value is -2.22. The van der Waals surface area contributed by atoms with Gasteiger partial charge in [-0.05, 0) is 31.5 Å². The summed E-state index contributed by atoms with van der Waals surface area (Å²) in [7, 11) is 1.75. The molecule has 0 saturated carbocycles. The largest absolute Gasteiger partial charge is 0.416 e.